The number of carboxylic acid groups (broad SMARTS) is 1. The maximum atomic E-state index is 10.9. The zero-order valence-corrected chi connectivity index (χ0v) is 8.92. The minimum atomic E-state index is -0.916. The number of hydrogen-bond donors (Lipinski definition) is 1. The fraction of sp³-hybridized carbons (Fsp3) is 0.250. The summed E-state index contributed by atoms with van der Waals surface area (Å²) in [6.07, 6.45) is 0. The molecule has 15 heavy (non-hydrogen) atoms. The van der Waals surface area contributed by atoms with Gasteiger partial charge in [-0.2, -0.15) is 0 Å². The molecular formula is C12H12O3. The van der Waals surface area contributed by atoms with E-state index < -0.39 is 5.97 Å². The smallest absolute Gasteiger partial charge is 0.336 e. The average molecular weight is 204 g/mol. The minimum Gasteiger partial charge on any atom is -0.478 e. The zero-order valence-electron chi connectivity index (χ0n) is 8.92. The van der Waals surface area contributed by atoms with Gasteiger partial charge in [0.1, 0.15) is 11.3 Å². The maximum absolute atomic E-state index is 10.9. The molecule has 2 aromatic rings. The van der Waals surface area contributed by atoms with Crippen LogP contribution < -0.4 is 0 Å². The highest BCUT2D eigenvalue weighted by Gasteiger charge is 2.14. The number of benzene rings is 1. The van der Waals surface area contributed by atoms with Gasteiger partial charge in [0.15, 0.2) is 0 Å². The summed E-state index contributed by atoms with van der Waals surface area (Å²) in [5, 5.41) is 9.95. The normalized spacial score (nSPS) is 10.9. The van der Waals surface area contributed by atoms with E-state index in [0.717, 1.165) is 16.7 Å². The summed E-state index contributed by atoms with van der Waals surface area (Å²) in [5.41, 5.74) is 2.75. The number of aromatic carboxylic acids is 1. The second-order valence-electron chi connectivity index (χ2n) is 3.70. The molecule has 0 saturated heterocycles. The molecule has 0 fully saturated rings. The van der Waals surface area contributed by atoms with E-state index in [4.69, 9.17) is 9.52 Å². The Morgan fingerprint density at radius 1 is 1.20 bits per heavy atom. The van der Waals surface area contributed by atoms with Crippen LogP contribution in [-0.2, 0) is 0 Å². The van der Waals surface area contributed by atoms with Crippen LogP contribution in [0.5, 0.6) is 0 Å². The molecule has 0 atom stereocenters. The van der Waals surface area contributed by atoms with Crippen molar-refractivity contribution in [2.75, 3.05) is 0 Å². The summed E-state index contributed by atoms with van der Waals surface area (Å²) >= 11 is 0. The highest BCUT2D eigenvalue weighted by atomic mass is 16.4. The van der Waals surface area contributed by atoms with Gasteiger partial charge < -0.3 is 9.52 Å². The standard InChI is InChI=1S/C12H12O3/c1-6-8(3)15-11-7(2)10(12(13)14)5-4-9(6)11/h4-5H,1-3H3,(H,13,14). The van der Waals surface area contributed by atoms with Gasteiger partial charge in [0, 0.05) is 10.9 Å². The van der Waals surface area contributed by atoms with Gasteiger partial charge in [-0.15, -0.1) is 0 Å². The Kier molecular flexibility index (Phi) is 2.03. The number of hydrogen-bond acceptors (Lipinski definition) is 2. The van der Waals surface area contributed by atoms with Crippen molar-refractivity contribution in [1.29, 1.82) is 0 Å². The van der Waals surface area contributed by atoms with E-state index in [2.05, 4.69) is 0 Å². The third-order valence-corrected chi connectivity index (χ3v) is 2.82. The molecule has 0 saturated carbocycles. The van der Waals surface area contributed by atoms with Crippen LogP contribution in [-0.4, -0.2) is 11.1 Å². The molecule has 2 rings (SSSR count). The molecule has 0 unspecified atom stereocenters. The molecule has 3 nitrogen and oxygen atoms in total. The Morgan fingerprint density at radius 2 is 1.87 bits per heavy atom. The van der Waals surface area contributed by atoms with Gasteiger partial charge in [-0.3, -0.25) is 0 Å². The first-order valence-electron chi connectivity index (χ1n) is 4.75. The number of rotatable bonds is 1. The Labute approximate surface area is 87.3 Å². The fourth-order valence-corrected chi connectivity index (χ4v) is 1.77. The summed E-state index contributed by atoms with van der Waals surface area (Å²) in [5.74, 6) is -0.0725. The van der Waals surface area contributed by atoms with Gasteiger partial charge in [-0.05, 0) is 38.5 Å². The van der Waals surface area contributed by atoms with Crippen LogP contribution in [0.2, 0.25) is 0 Å². The SMILES string of the molecule is Cc1oc2c(C)c(C(=O)O)ccc2c1C. The van der Waals surface area contributed by atoms with Gasteiger partial charge in [0.25, 0.3) is 0 Å². The van der Waals surface area contributed by atoms with Crippen molar-refractivity contribution in [2.24, 2.45) is 0 Å². The molecule has 78 valence electrons. The van der Waals surface area contributed by atoms with Crippen LogP contribution in [0.3, 0.4) is 0 Å². The molecule has 0 bridgehead atoms. The number of furan rings is 1. The van der Waals surface area contributed by atoms with Gasteiger partial charge in [-0.1, -0.05) is 0 Å². The van der Waals surface area contributed by atoms with Crippen molar-refractivity contribution in [3.05, 3.63) is 34.6 Å². The zero-order chi connectivity index (χ0) is 11.2. The summed E-state index contributed by atoms with van der Waals surface area (Å²) in [6.45, 7) is 5.63. The van der Waals surface area contributed by atoms with Crippen LogP contribution in [0.25, 0.3) is 11.0 Å². The fourth-order valence-electron chi connectivity index (χ4n) is 1.77. The molecule has 1 aromatic carbocycles. The topological polar surface area (TPSA) is 50.4 Å². The summed E-state index contributed by atoms with van der Waals surface area (Å²) in [4.78, 5) is 10.9. The number of fused-ring (bicyclic) bond motifs is 1. The lowest BCUT2D eigenvalue weighted by Gasteiger charge is -2.00. The lowest BCUT2D eigenvalue weighted by Crippen LogP contribution is -1.99. The van der Waals surface area contributed by atoms with Gasteiger partial charge in [-0.25, -0.2) is 4.79 Å². The Morgan fingerprint density at radius 3 is 2.47 bits per heavy atom. The van der Waals surface area contributed by atoms with E-state index in [1.807, 2.05) is 13.8 Å². The first-order valence-corrected chi connectivity index (χ1v) is 4.75. The molecule has 1 aromatic heterocycles. The van der Waals surface area contributed by atoms with Crippen LogP contribution in [0.1, 0.15) is 27.2 Å². The number of aryl methyl sites for hydroxylation is 3. The molecule has 0 aliphatic carbocycles. The molecule has 1 N–H and O–H groups in total. The lowest BCUT2D eigenvalue weighted by atomic mass is 10.0. The molecule has 1 heterocycles. The second-order valence-corrected chi connectivity index (χ2v) is 3.70. The highest BCUT2D eigenvalue weighted by Crippen LogP contribution is 2.29. The lowest BCUT2D eigenvalue weighted by molar-refractivity contribution is 0.0696. The van der Waals surface area contributed by atoms with Crippen LogP contribution in [0.15, 0.2) is 16.5 Å². The number of carboxylic acids is 1. The van der Waals surface area contributed by atoms with Gasteiger partial charge in [0.05, 0.1) is 5.56 Å². The molecule has 0 aliphatic heterocycles. The minimum absolute atomic E-state index is 0.302. The van der Waals surface area contributed by atoms with Crippen molar-refractivity contribution in [3.63, 3.8) is 0 Å². The van der Waals surface area contributed by atoms with Crippen molar-refractivity contribution in [1.82, 2.24) is 0 Å². The predicted molar refractivity (Wildman–Crippen MR) is 57.4 cm³/mol. The molecule has 0 aliphatic rings. The van der Waals surface area contributed by atoms with Crippen molar-refractivity contribution < 1.29 is 14.3 Å². The van der Waals surface area contributed by atoms with Crippen molar-refractivity contribution >= 4 is 16.9 Å². The molecule has 0 radical (unpaired) electrons. The predicted octanol–water partition coefficient (Wildman–Crippen LogP) is 3.06. The third-order valence-electron chi connectivity index (χ3n) is 2.82. The molecule has 3 heteroatoms. The average Bonchev–Trinajstić information content (AvgIpc) is 2.45. The quantitative estimate of drug-likeness (QED) is 0.776. The van der Waals surface area contributed by atoms with Gasteiger partial charge in [0.2, 0.25) is 0 Å². The van der Waals surface area contributed by atoms with E-state index in [-0.39, 0.29) is 0 Å². The maximum Gasteiger partial charge on any atom is 0.336 e. The first-order chi connectivity index (χ1) is 7.02. The van der Waals surface area contributed by atoms with Crippen molar-refractivity contribution in [2.45, 2.75) is 20.8 Å². The second kappa shape index (κ2) is 3.12. The highest BCUT2D eigenvalue weighted by molar-refractivity contribution is 5.96. The van der Waals surface area contributed by atoms with E-state index in [1.165, 1.54) is 0 Å². The molecular weight excluding hydrogens is 192 g/mol. The van der Waals surface area contributed by atoms with Crippen LogP contribution >= 0.6 is 0 Å². The van der Waals surface area contributed by atoms with Gasteiger partial charge >= 0.3 is 5.97 Å². The van der Waals surface area contributed by atoms with E-state index in [0.29, 0.717) is 16.7 Å². The van der Waals surface area contributed by atoms with Crippen LogP contribution in [0.4, 0.5) is 0 Å². The van der Waals surface area contributed by atoms with Crippen LogP contribution in [0, 0.1) is 20.8 Å². The largest absolute Gasteiger partial charge is 0.478 e. The molecule has 0 amide bonds. The Bertz CT molecular complexity index is 549. The van der Waals surface area contributed by atoms with E-state index >= 15 is 0 Å². The van der Waals surface area contributed by atoms with Crippen molar-refractivity contribution in [3.8, 4) is 0 Å². The molecule has 0 spiro atoms. The third kappa shape index (κ3) is 1.31. The first kappa shape index (κ1) is 9.77. The van der Waals surface area contributed by atoms with E-state index in [1.54, 1.807) is 19.1 Å². The summed E-state index contributed by atoms with van der Waals surface area (Å²) < 4.78 is 5.56. The summed E-state index contributed by atoms with van der Waals surface area (Å²) in [6, 6.07) is 3.43. The number of carbonyl (C=O) groups is 1. The van der Waals surface area contributed by atoms with E-state index in [9.17, 15) is 4.79 Å². The Balaban J connectivity index is 2.85. The monoisotopic (exact) mass is 204 g/mol. The summed E-state index contributed by atoms with van der Waals surface area (Å²) in [7, 11) is 0. The Hall–Kier alpha value is -1.77.